The number of nitrogens with two attached hydrogens (primary N) is 1. The molecule has 7 nitrogen and oxygen atoms in total. The SMILES string of the molecule is COCc1nc(N)c(C(=O)Nc2ccc(Oc3cccc(C#N)c3)cc2)cc1C. The van der Waals surface area contributed by atoms with E-state index in [1.165, 1.54) is 0 Å². The lowest BCUT2D eigenvalue weighted by molar-refractivity contribution is 0.102. The van der Waals surface area contributed by atoms with Crippen molar-refractivity contribution in [1.82, 2.24) is 4.98 Å². The first-order chi connectivity index (χ1) is 14.0. The van der Waals surface area contributed by atoms with Gasteiger partial charge < -0.3 is 20.5 Å². The predicted octanol–water partition coefficient (Wildman–Crippen LogP) is 4.03. The molecule has 3 rings (SSSR count). The zero-order valence-electron chi connectivity index (χ0n) is 16.1. The number of methoxy groups -OCH3 is 1. The number of hydrogen-bond donors (Lipinski definition) is 2. The van der Waals surface area contributed by atoms with E-state index in [0.29, 0.717) is 40.6 Å². The molecule has 7 heteroatoms. The van der Waals surface area contributed by atoms with E-state index in [9.17, 15) is 4.79 Å². The maximum Gasteiger partial charge on any atom is 0.259 e. The Morgan fingerprint density at radius 1 is 1.17 bits per heavy atom. The third-order valence-electron chi connectivity index (χ3n) is 4.18. The third-order valence-corrected chi connectivity index (χ3v) is 4.18. The van der Waals surface area contributed by atoms with Crippen LogP contribution in [-0.4, -0.2) is 18.0 Å². The smallest absolute Gasteiger partial charge is 0.259 e. The Morgan fingerprint density at radius 3 is 2.62 bits per heavy atom. The monoisotopic (exact) mass is 388 g/mol. The van der Waals surface area contributed by atoms with E-state index in [0.717, 1.165) is 5.56 Å². The fourth-order valence-corrected chi connectivity index (χ4v) is 2.70. The van der Waals surface area contributed by atoms with Crippen molar-refractivity contribution in [2.24, 2.45) is 0 Å². The van der Waals surface area contributed by atoms with Crippen molar-refractivity contribution < 1.29 is 14.3 Å². The molecule has 1 amide bonds. The zero-order chi connectivity index (χ0) is 20.8. The first-order valence-electron chi connectivity index (χ1n) is 8.84. The number of amides is 1. The van der Waals surface area contributed by atoms with E-state index >= 15 is 0 Å². The summed E-state index contributed by atoms with van der Waals surface area (Å²) in [7, 11) is 1.57. The molecule has 0 atom stereocenters. The number of carbonyl (C=O) groups excluding carboxylic acids is 1. The van der Waals surface area contributed by atoms with Crippen molar-refractivity contribution in [3.8, 4) is 17.6 Å². The predicted molar refractivity (Wildman–Crippen MR) is 110 cm³/mol. The summed E-state index contributed by atoms with van der Waals surface area (Å²) in [5, 5.41) is 11.8. The van der Waals surface area contributed by atoms with Gasteiger partial charge in [0, 0.05) is 12.8 Å². The molecular weight excluding hydrogens is 368 g/mol. The number of nitriles is 1. The fourth-order valence-electron chi connectivity index (χ4n) is 2.70. The molecule has 3 N–H and O–H groups in total. The number of ether oxygens (including phenoxy) is 2. The van der Waals surface area contributed by atoms with Crippen molar-refractivity contribution in [3.63, 3.8) is 0 Å². The number of anilines is 2. The Bertz CT molecular complexity index is 1070. The van der Waals surface area contributed by atoms with Gasteiger partial charge in [0.2, 0.25) is 0 Å². The Balaban J connectivity index is 1.70. The van der Waals surface area contributed by atoms with Gasteiger partial charge in [0.05, 0.1) is 29.5 Å². The van der Waals surface area contributed by atoms with Crippen LogP contribution in [0.4, 0.5) is 11.5 Å². The van der Waals surface area contributed by atoms with Gasteiger partial charge in [-0.05, 0) is 61.0 Å². The van der Waals surface area contributed by atoms with Crippen LogP contribution in [0.1, 0.15) is 27.2 Å². The molecule has 0 aliphatic rings. The van der Waals surface area contributed by atoms with Gasteiger partial charge in [0.15, 0.2) is 0 Å². The van der Waals surface area contributed by atoms with Crippen LogP contribution in [0, 0.1) is 18.3 Å². The molecule has 1 aromatic heterocycles. The molecule has 0 fully saturated rings. The summed E-state index contributed by atoms with van der Waals surface area (Å²) in [5.74, 6) is 0.945. The Hall–Kier alpha value is -3.89. The lowest BCUT2D eigenvalue weighted by Crippen LogP contribution is -2.16. The minimum absolute atomic E-state index is 0.150. The van der Waals surface area contributed by atoms with Crippen LogP contribution in [-0.2, 0) is 11.3 Å². The van der Waals surface area contributed by atoms with E-state index in [1.54, 1.807) is 61.7 Å². The van der Waals surface area contributed by atoms with Crippen molar-refractivity contribution in [2.75, 3.05) is 18.2 Å². The second-order valence-corrected chi connectivity index (χ2v) is 6.34. The highest BCUT2D eigenvalue weighted by Gasteiger charge is 2.14. The van der Waals surface area contributed by atoms with Gasteiger partial charge in [0.1, 0.15) is 17.3 Å². The first kappa shape index (κ1) is 19.9. The highest BCUT2D eigenvalue weighted by molar-refractivity contribution is 6.07. The summed E-state index contributed by atoms with van der Waals surface area (Å²) in [6.07, 6.45) is 0. The van der Waals surface area contributed by atoms with Crippen LogP contribution in [0.15, 0.2) is 54.6 Å². The molecule has 146 valence electrons. The quantitative estimate of drug-likeness (QED) is 0.659. The van der Waals surface area contributed by atoms with E-state index in [4.69, 9.17) is 20.5 Å². The van der Waals surface area contributed by atoms with E-state index < -0.39 is 0 Å². The number of nitrogens with zero attached hydrogens (tertiary/aromatic N) is 2. The van der Waals surface area contributed by atoms with Crippen LogP contribution in [0.5, 0.6) is 11.5 Å². The zero-order valence-corrected chi connectivity index (χ0v) is 16.1. The van der Waals surface area contributed by atoms with Gasteiger partial charge in [-0.25, -0.2) is 4.98 Å². The first-order valence-corrected chi connectivity index (χ1v) is 8.84. The molecule has 0 radical (unpaired) electrons. The number of nitrogen functional groups attached to an aromatic ring is 1. The Kier molecular flexibility index (Phi) is 6.07. The molecule has 0 bridgehead atoms. The van der Waals surface area contributed by atoms with Gasteiger partial charge in [-0.1, -0.05) is 6.07 Å². The molecule has 0 unspecified atom stereocenters. The Morgan fingerprint density at radius 2 is 1.93 bits per heavy atom. The number of pyridine rings is 1. The topological polar surface area (TPSA) is 110 Å². The van der Waals surface area contributed by atoms with E-state index in [1.807, 2.05) is 6.92 Å². The van der Waals surface area contributed by atoms with Crippen molar-refractivity contribution >= 4 is 17.4 Å². The fraction of sp³-hybridized carbons (Fsp3) is 0.136. The van der Waals surface area contributed by atoms with Gasteiger partial charge in [-0.15, -0.1) is 0 Å². The number of carbonyl (C=O) groups is 1. The summed E-state index contributed by atoms with van der Waals surface area (Å²) < 4.78 is 10.8. The highest BCUT2D eigenvalue weighted by Crippen LogP contribution is 2.24. The number of rotatable bonds is 6. The molecule has 29 heavy (non-hydrogen) atoms. The third kappa shape index (κ3) is 4.89. The normalized spacial score (nSPS) is 10.2. The van der Waals surface area contributed by atoms with Gasteiger partial charge in [-0.3, -0.25) is 4.79 Å². The Labute approximate surface area is 168 Å². The minimum Gasteiger partial charge on any atom is -0.457 e. The van der Waals surface area contributed by atoms with Crippen molar-refractivity contribution in [3.05, 3.63) is 77.0 Å². The molecule has 2 aromatic carbocycles. The van der Waals surface area contributed by atoms with Crippen LogP contribution in [0.2, 0.25) is 0 Å². The maximum atomic E-state index is 12.6. The number of nitrogens with one attached hydrogen (secondary N) is 1. The minimum atomic E-state index is -0.350. The number of aromatic nitrogens is 1. The second-order valence-electron chi connectivity index (χ2n) is 6.34. The van der Waals surface area contributed by atoms with E-state index in [2.05, 4.69) is 16.4 Å². The molecule has 3 aromatic rings. The van der Waals surface area contributed by atoms with Crippen LogP contribution in [0.25, 0.3) is 0 Å². The summed E-state index contributed by atoms with van der Waals surface area (Å²) in [6, 6.07) is 17.5. The number of benzene rings is 2. The molecule has 0 aliphatic heterocycles. The van der Waals surface area contributed by atoms with Gasteiger partial charge in [0.25, 0.3) is 5.91 Å². The molecule has 0 aliphatic carbocycles. The summed E-state index contributed by atoms with van der Waals surface area (Å²) >= 11 is 0. The number of aryl methyl sites for hydroxylation is 1. The number of hydrogen-bond acceptors (Lipinski definition) is 6. The average Bonchev–Trinajstić information content (AvgIpc) is 2.72. The molecular formula is C22H20N4O3. The maximum absolute atomic E-state index is 12.6. The molecule has 0 spiro atoms. The van der Waals surface area contributed by atoms with Crippen LogP contribution < -0.4 is 15.8 Å². The highest BCUT2D eigenvalue weighted by atomic mass is 16.5. The summed E-state index contributed by atoms with van der Waals surface area (Å²) in [6.45, 7) is 2.18. The van der Waals surface area contributed by atoms with Crippen LogP contribution in [0.3, 0.4) is 0 Å². The molecule has 1 heterocycles. The average molecular weight is 388 g/mol. The lowest BCUT2D eigenvalue weighted by Gasteiger charge is -2.11. The van der Waals surface area contributed by atoms with Gasteiger partial charge >= 0.3 is 0 Å². The van der Waals surface area contributed by atoms with Crippen molar-refractivity contribution in [2.45, 2.75) is 13.5 Å². The largest absolute Gasteiger partial charge is 0.457 e. The summed E-state index contributed by atoms with van der Waals surface area (Å²) in [5.41, 5.74) is 8.87. The van der Waals surface area contributed by atoms with E-state index in [-0.39, 0.29) is 11.7 Å². The van der Waals surface area contributed by atoms with Crippen LogP contribution >= 0.6 is 0 Å². The summed E-state index contributed by atoms with van der Waals surface area (Å²) in [4.78, 5) is 16.8. The second kappa shape index (κ2) is 8.87. The lowest BCUT2D eigenvalue weighted by atomic mass is 10.1. The van der Waals surface area contributed by atoms with Gasteiger partial charge in [-0.2, -0.15) is 5.26 Å². The molecule has 0 saturated carbocycles. The molecule has 0 saturated heterocycles. The standard InChI is InChI=1S/C22H20N4O3/c1-14-10-19(21(24)26-20(14)13-28-2)22(27)25-16-6-8-17(9-7-16)29-18-5-3-4-15(11-18)12-23/h3-11H,13H2,1-2H3,(H2,24,26)(H,25,27). The van der Waals surface area contributed by atoms with Crippen molar-refractivity contribution in [1.29, 1.82) is 5.26 Å².